The van der Waals surface area contributed by atoms with E-state index in [-0.39, 0.29) is 0 Å². The van der Waals surface area contributed by atoms with Crippen molar-refractivity contribution in [3.05, 3.63) is 96.6 Å². The molecule has 3 aromatic carbocycles. The number of nitrogens with one attached hydrogen (secondary N) is 1. The van der Waals surface area contributed by atoms with E-state index < -0.39 is 8.07 Å². The molecule has 0 aromatic heterocycles. The highest BCUT2D eigenvalue weighted by atomic mass is 28.3. The normalized spacial score (nSPS) is 12.6. The summed E-state index contributed by atoms with van der Waals surface area (Å²) in [4.78, 5) is 0. The van der Waals surface area contributed by atoms with Crippen LogP contribution in [0.2, 0.25) is 13.1 Å². The van der Waals surface area contributed by atoms with E-state index in [1.165, 1.54) is 16.4 Å². The van der Waals surface area contributed by atoms with Crippen molar-refractivity contribution in [3.63, 3.8) is 0 Å². The number of rotatable bonds is 5. The van der Waals surface area contributed by atoms with Crippen LogP contribution in [0.15, 0.2) is 91.0 Å². The van der Waals surface area contributed by atoms with Crippen LogP contribution < -0.4 is 10.5 Å². The summed E-state index contributed by atoms with van der Waals surface area (Å²) in [6.07, 6.45) is 0. The molecule has 23 heavy (non-hydrogen) atoms. The fraction of sp³-hybridized carbons (Fsp3) is 0.143. The lowest BCUT2D eigenvalue weighted by atomic mass is 10.2. The van der Waals surface area contributed by atoms with Gasteiger partial charge < -0.3 is 5.32 Å². The second-order valence-electron chi connectivity index (χ2n) is 6.44. The van der Waals surface area contributed by atoms with Crippen LogP contribution in [0.5, 0.6) is 0 Å². The van der Waals surface area contributed by atoms with Crippen LogP contribution in [0.25, 0.3) is 0 Å². The molecule has 3 rings (SSSR count). The Kier molecular flexibility index (Phi) is 4.63. The quantitative estimate of drug-likeness (QED) is 0.653. The summed E-state index contributed by atoms with van der Waals surface area (Å²) in [6.45, 7) is 4.88. The monoisotopic (exact) mass is 317 g/mol. The minimum Gasteiger partial charge on any atom is -0.381 e. The first-order chi connectivity index (χ1) is 11.2. The average Bonchev–Trinajstić information content (AvgIpc) is 2.62. The fourth-order valence-corrected chi connectivity index (χ4v) is 6.00. The van der Waals surface area contributed by atoms with Crippen molar-refractivity contribution in [1.29, 1.82) is 0 Å². The molecule has 0 radical (unpaired) electrons. The number of hydrogen-bond acceptors (Lipinski definition) is 1. The van der Waals surface area contributed by atoms with Crippen molar-refractivity contribution in [2.75, 3.05) is 5.32 Å². The Hall–Kier alpha value is -2.32. The smallest absolute Gasteiger partial charge is 0.110 e. The van der Waals surface area contributed by atoms with E-state index in [1.807, 2.05) is 0 Å². The summed E-state index contributed by atoms with van der Waals surface area (Å²) >= 11 is 0. The van der Waals surface area contributed by atoms with Crippen LogP contribution in [0.4, 0.5) is 5.69 Å². The lowest BCUT2D eigenvalue weighted by Crippen LogP contribution is -2.50. The molecular formula is C21H23NSi. The molecule has 0 fully saturated rings. The van der Waals surface area contributed by atoms with Crippen molar-refractivity contribution in [2.24, 2.45) is 0 Å². The van der Waals surface area contributed by atoms with E-state index in [9.17, 15) is 0 Å². The third-order valence-corrected chi connectivity index (χ3v) is 8.20. The zero-order chi connectivity index (χ0) is 16.1. The van der Waals surface area contributed by atoms with Gasteiger partial charge >= 0.3 is 0 Å². The lowest BCUT2D eigenvalue weighted by Gasteiger charge is -2.35. The number of benzene rings is 3. The van der Waals surface area contributed by atoms with Gasteiger partial charge in [0.05, 0.1) is 0 Å². The first-order valence-electron chi connectivity index (χ1n) is 8.10. The SMILES string of the molecule is C[Si](C)(c1ccccc1)C(Nc1ccccc1)c1ccccc1. The molecule has 0 saturated carbocycles. The van der Waals surface area contributed by atoms with Crippen LogP contribution in [0.1, 0.15) is 11.2 Å². The number of para-hydroxylation sites is 1. The van der Waals surface area contributed by atoms with Gasteiger partial charge in [0.25, 0.3) is 0 Å². The third kappa shape index (κ3) is 3.54. The van der Waals surface area contributed by atoms with E-state index in [4.69, 9.17) is 0 Å². The van der Waals surface area contributed by atoms with Crippen LogP contribution in [0, 0.1) is 0 Å². The van der Waals surface area contributed by atoms with E-state index >= 15 is 0 Å². The molecule has 116 valence electrons. The van der Waals surface area contributed by atoms with Crippen LogP contribution in [0.3, 0.4) is 0 Å². The highest BCUT2D eigenvalue weighted by Crippen LogP contribution is 2.28. The van der Waals surface area contributed by atoms with Gasteiger partial charge in [0.15, 0.2) is 0 Å². The second-order valence-corrected chi connectivity index (χ2v) is 11.0. The molecule has 0 heterocycles. The second kappa shape index (κ2) is 6.84. The lowest BCUT2D eigenvalue weighted by molar-refractivity contribution is 1.04. The predicted octanol–water partition coefficient (Wildman–Crippen LogP) is 4.99. The largest absolute Gasteiger partial charge is 0.381 e. The minimum absolute atomic E-state index is 0.327. The Labute approximate surface area is 140 Å². The van der Waals surface area contributed by atoms with E-state index in [0.29, 0.717) is 5.67 Å². The molecule has 2 heteroatoms. The van der Waals surface area contributed by atoms with Crippen molar-refractivity contribution < 1.29 is 0 Å². The summed E-state index contributed by atoms with van der Waals surface area (Å²) in [5.41, 5.74) is 2.86. The Morgan fingerprint density at radius 3 is 1.70 bits per heavy atom. The molecule has 3 aromatic rings. The van der Waals surface area contributed by atoms with Crippen molar-refractivity contribution in [1.82, 2.24) is 0 Å². The van der Waals surface area contributed by atoms with E-state index in [2.05, 4.69) is 109 Å². The summed E-state index contributed by atoms with van der Waals surface area (Å²) in [7, 11) is -1.74. The third-order valence-electron chi connectivity index (χ3n) is 4.46. The molecule has 1 nitrogen and oxygen atoms in total. The molecule has 0 amide bonds. The summed E-state index contributed by atoms with van der Waals surface area (Å²) < 4.78 is 0. The van der Waals surface area contributed by atoms with Gasteiger partial charge in [0.2, 0.25) is 0 Å². The van der Waals surface area contributed by atoms with Gasteiger partial charge in [-0.05, 0) is 17.7 Å². The highest BCUT2D eigenvalue weighted by Gasteiger charge is 2.34. The first kappa shape index (κ1) is 15.6. The van der Waals surface area contributed by atoms with Crippen LogP contribution in [-0.2, 0) is 0 Å². The maximum absolute atomic E-state index is 3.80. The molecule has 0 bridgehead atoms. The Morgan fingerprint density at radius 1 is 0.652 bits per heavy atom. The minimum atomic E-state index is -1.74. The summed E-state index contributed by atoms with van der Waals surface area (Å²) in [6, 6.07) is 32.3. The molecular weight excluding hydrogens is 294 g/mol. The summed E-state index contributed by atoms with van der Waals surface area (Å²) in [5, 5.41) is 5.27. The fourth-order valence-electron chi connectivity index (χ4n) is 3.06. The molecule has 0 aliphatic rings. The molecule has 0 aliphatic carbocycles. The van der Waals surface area contributed by atoms with Gasteiger partial charge in [0.1, 0.15) is 8.07 Å². The molecule has 0 saturated heterocycles. The zero-order valence-corrected chi connectivity index (χ0v) is 14.7. The molecule has 1 unspecified atom stereocenters. The Morgan fingerprint density at radius 2 is 1.13 bits per heavy atom. The van der Waals surface area contributed by atoms with Gasteiger partial charge in [-0.2, -0.15) is 0 Å². The standard InChI is InChI=1S/C21H23NSi/c1-23(2,20-16-10-5-11-17-20)21(18-12-6-3-7-13-18)22-19-14-8-4-9-15-19/h3-17,21-22H,1-2H3. The van der Waals surface area contributed by atoms with Gasteiger partial charge in [-0.15, -0.1) is 0 Å². The van der Waals surface area contributed by atoms with Crippen LogP contribution in [-0.4, -0.2) is 8.07 Å². The number of anilines is 1. The Balaban J connectivity index is 2.01. The molecule has 0 aliphatic heterocycles. The van der Waals surface area contributed by atoms with Gasteiger partial charge in [-0.3, -0.25) is 0 Å². The predicted molar refractivity (Wildman–Crippen MR) is 103 cm³/mol. The first-order valence-corrected chi connectivity index (χ1v) is 11.2. The van der Waals surface area contributed by atoms with E-state index in [1.54, 1.807) is 0 Å². The van der Waals surface area contributed by atoms with Crippen LogP contribution >= 0.6 is 0 Å². The maximum Gasteiger partial charge on any atom is 0.110 e. The van der Waals surface area contributed by atoms with Gasteiger partial charge in [-0.1, -0.05) is 97.1 Å². The molecule has 1 N–H and O–H groups in total. The zero-order valence-electron chi connectivity index (χ0n) is 13.7. The maximum atomic E-state index is 3.80. The molecule has 1 atom stereocenters. The topological polar surface area (TPSA) is 12.0 Å². The van der Waals surface area contributed by atoms with E-state index in [0.717, 1.165) is 0 Å². The van der Waals surface area contributed by atoms with Gasteiger partial charge in [0, 0.05) is 11.4 Å². The Bertz CT molecular complexity index is 724. The highest BCUT2D eigenvalue weighted by molar-refractivity contribution is 6.91. The van der Waals surface area contributed by atoms with Crippen molar-refractivity contribution in [3.8, 4) is 0 Å². The van der Waals surface area contributed by atoms with Crippen molar-refractivity contribution >= 4 is 18.9 Å². The summed E-state index contributed by atoms with van der Waals surface area (Å²) in [5.74, 6) is 0. The van der Waals surface area contributed by atoms with Gasteiger partial charge in [-0.25, -0.2) is 0 Å². The molecule has 0 spiro atoms. The van der Waals surface area contributed by atoms with Crippen molar-refractivity contribution in [2.45, 2.75) is 18.8 Å². The average molecular weight is 318 g/mol. The number of hydrogen-bond donors (Lipinski definition) is 1.